The van der Waals surface area contributed by atoms with E-state index in [-0.39, 0.29) is 11.9 Å². The number of carbonyl (C=O) groups is 1. The molecule has 18 heavy (non-hydrogen) atoms. The molecule has 1 saturated heterocycles. The van der Waals surface area contributed by atoms with Gasteiger partial charge in [-0.1, -0.05) is 6.07 Å². The van der Waals surface area contributed by atoms with Crippen LogP contribution in [0.5, 0.6) is 0 Å². The number of benzene rings is 1. The highest BCUT2D eigenvalue weighted by atomic mass is 16.2. The molecular formula is C14H21N3O. The molecule has 1 unspecified atom stereocenters. The van der Waals surface area contributed by atoms with Crippen LogP contribution in [0.25, 0.3) is 0 Å². The highest BCUT2D eigenvalue weighted by Crippen LogP contribution is 2.22. The highest BCUT2D eigenvalue weighted by Gasteiger charge is 2.32. The van der Waals surface area contributed by atoms with Crippen molar-refractivity contribution in [2.24, 2.45) is 5.73 Å². The number of amides is 1. The van der Waals surface area contributed by atoms with Gasteiger partial charge in [0.25, 0.3) is 0 Å². The first kappa shape index (κ1) is 13.1. The van der Waals surface area contributed by atoms with Crippen LogP contribution in [0.1, 0.15) is 11.1 Å². The van der Waals surface area contributed by atoms with Crippen molar-refractivity contribution in [2.45, 2.75) is 19.9 Å². The predicted molar refractivity (Wildman–Crippen MR) is 73.7 cm³/mol. The maximum atomic E-state index is 12.4. The molecule has 2 N–H and O–H groups in total. The number of nitrogens with zero attached hydrogens (tertiary/aromatic N) is 2. The first-order chi connectivity index (χ1) is 8.54. The van der Waals surface area contributed by atoms with Crippen LogP contribution >= 0.6 is 0 Å². The van der Waals surface area contributed by atoms with E-state index in [1.54, 1.807) is 0 Å². The quantitative estimate of drug-likeness (QED) is 0.845. The van der Waals surface area contributed by atoms with Crippen molar-refractivity contribution in [1.29, 1.82) is 0 Å². The van der Waals surface area contributed by atoms with Crippen molar-refractivity contribution in [2.75, 3.05) is 31.6 Å². The van der Waals surface area contributed by atoms with Gasteiger partial charge in [-0.3, -0.25) is 9.69 Å². The van der Waals surface area contributed by atoms with E-state index in [2.05, 4.69) is 26.0 Å². The lowest BCUT2D eigenvalue weighted by atomic mass is 10.1. The maximum Gasteiger partial charge on any atom is 0.245 e. The minimum absolute atomic E-state index is 0.106. The number of likely N-dealkylation sites (N-methyl/N-ethyl adjacent to an activating group) is 1. The monoisotopic (exact) mass is 247 g/mol. The van der Waals surface area contributed by atoms with Crippen LogP contribution in [-0.2, 0) is 4.79 Å². The maximum absolute atomic E-state index is 12.4. The molecule has 1 aliphatic heterocycles. The van der Waals surface area contributed by atoms with Gasteiger partial charge in [0.15, 0.2) is 0 Å². The molecule has 0 radical (unpaired) electrons. The predicted octanol–water partition coefficient (Wildman–Crippen LogP) is 0.909. The van der Waals surface area contributed by atoms with Crippen molar-refractivity contribution in [3.8, 4) is 0 Å². The summed E-state index contributed by atoms with van der Waals surface area (Å²) in [5.41, 5.74) is 9.13. The van der Waals surface area contributed by atoms with Gasteiger partial charge >= 0.3 is 0 Å². The van der Waals surface area contributed by atoms with E-state index in [1.807, 2.05) is 22.9 Å². The zero-order chi connectivity index (χ0) is 13.3. The van der Waals surface area contributed by atoms with Crippen LogP contribution in [0.2, 0.25) is 0 Å². The van der Waals surface area contributed by atoms with Crippen LogP contribution < -0.4 is 10.6 Å². The largest absolute Gasteiger partial charge is 0.328 e. The number of anilines is 1. The molecule has 0 saturated carbocycles. The molecule has 1 heterocycles. The average molecular weight is 247 g/mol. The zero-order valence-corrected chi connectivity index (χ0v) is 11.3. The second kappa shape index (κ2) is 5.08. The normalized spacial score (nSPS) is 21.4. The second-order valence-corrected chi connectivity index (χ2v) is 4.99. The smallest absolute Gasteiger partial charge is 0.245 e. The molecule has 1 aromatic rings. The Morgan fingerprint density at radius 3 is 2.61 bits per heavy atom. The molecule has 1 aliphatic rings. The average Bonchev–Trinajstić information content (AvgIpc) is 2.34. The number of carbonyl (C=O) groups excluding carboxylic acids is 1. The molecular weight excluding hydrogens is 226 g/mol. The topological polar surface area (TPSA) is 49.6 Å². The van der Waals surface area contributed by atoms with Gasteiger partial charge in [-0.15, -0.1) is 0 Å². The van der Waals surface area contributed by atoms with E-state index in [9.17, 15) is 4.79 Å². The first-order valence-electron chi connectivity index (χ1n) is 6.33. The Morgan fingerprint density at radius 2 is 2.00 bits per heavy atom. The van der Waals surface area contributed by atoms with Crippen molar-refractivity contribution < 1.29 is 4.79 Å². The number of nitrogens with two attached hydrogens (primary N) is 1. The van der Waals surface area contributed by atoms with Crippen molar-refractivity contribution in [1.82, 2.24) is 4.90 Å². The van der Waals surface area contributed by atoms with Gasteiger partial charge < -0.3 is 10.6 Å². The Hall–Kier alpha value is -1.39. The van der Waals surface area contributed by atoms with Gasteiger partial charge in [0.1, 0.15) is 6.04 Å². The van der Waals surface area contributed by atoms with Gasteiger partial charge in [0.05, 0.1) is 0 Å². The van der Waals surface area contributed by atoms with Crippen molar-refractivity contribution in [3.63, 3.8) is 0 Å². The molecule has 4 heteroatoms. The SMILES string of the molecule is Cc1ccc(N2CCN(C)C(CN)C2=O)cc1C. The van der Waals surface area contributed by atoms with Crippen LogP contribution in [-0.4, -0.2) is 43.5 Å². The van der Waals surface area contributed by atoms with Crippen LogP contribution in [0, 0.1) is 13.8 Å². The number of hydrogen-bond donors (Lipinski definition) is 1. The van der Waals surface area contributed by atoms with Gasteiger partial charge in [0, 0.05) is 25.3 Å². The fraction of sp³-hybridized carbons (Fsp3) is 0.500. The van der Waals surface area contributed by atoms with E-state index in [0.29, 0.717) is 6.54 Å². The summed E-state index contributed by atoms with van der Waals surface area (Å²) < 4.78 is 0. The summed E-state index contributed by atoms with van der Waals surface area (Å²) in [6.07, 6.45) is 0. The van der Waals surface area contributed by atoms with Gasteiger partial charge in [-0.05, 0) is 44.2 Å². The third kappa shape index (κ3) is 2.26. The highest BCUT2D eigenvalue weighted by molar-refractivity contribution is 5.98. The minimum Gasteiger partial charge on any atom is -0.328 e. The molecule has 2 rings (SSSR count). The minimum atomic E-state index is -0.194. The van der Waals surface area contributed by atoms with Gasteiger partial charge in [0.2, 0.25) is 5.91 Å². The molecule has 1 amide bonds. The third-order valence-electron chi connectivity index (χ3n) is 3.78. The van der Waals surface area contributed by atoms with Gasteiger partial charge in [-0.25, -0.2) is 0 Å². The fourth-order valence-electron chi connectivity index (χ4n) is 2.32. The van der Waals surface area contributed by atoms with Crippen molar-refractivity contribution >= 4 is 11.6 Å². The molecule has 98 valence electrons. The number of aryl methyl sites for hydroxylation is 2. The second-order valence-electron chi connectivity index (χ2n) is 4.99. The summed E-state index contributed by atoms with van der Waals surface area (Å²) in [6.45, 7) is 6.11. The summed E-state index contributed by atoms with van der Waals surface area (Å²) in [4.78, 5) is 16.2. The van der Waals surface area contributed by atoms with Crippen molar-refractivity contribution in [3.05, 3.63) is 29.3 Å². The Morgan fingerprint density at radius 1 is 1.28 bits per heavy atom. The van der Waals surface area contributed by atoms with Crippen LogP contribution in [0.3, 0.4) is 0 Å². The fourth-order valence-corrected chi connectivity index (χ4v) is 2.32. The lowest BCUT2D eigenvalue weighted by Gasteiger charge is -2.38. The summed E-state index contributed by atoms with van der Waals surface area (Å²) in [5.74, 6) is 0.106. The Labute approximate surface area is 108 Å². The number of piperazine rings is 1. The van der Waals surface area contributed by atoms with E-state index in [0.717, 1.165) is 18.8 Å². The van der Waals surface area contributed by atoms with E-state index in [1.165, 1.54) is 11.1 Å². The van der Waals surface area contributed by atoms with Crippen LogP contribution in [0.15, 0.2) is 18.2 Å². The molecule has 1 aromatic carbocycles. The Balaban J connectivity index is 2.27. The molecule has 1 fully saturated rings. The van der Waals surface area contributed by atoms with Gasteiger partial charge in [-0.2, -0.15) is 0 Å². The molecule has 0 aromatic heterocycles. The number of rotatable bonds is 2. The Kier molecular flexibility index (Phi) is 3.68. The molecule has 4 nitrogen and oxygen atoms in total. The molecule has 1 atom stereocenters. The third-order valence-corrected chi connectivity index (χ3v) is 3.78. The first-order valence-corrected chi connectivity index (χ1v) is 6.33. The zero-order valence-electron chi connectivity index (χ0n) is 11.3. The molecule has 0 spiro atoms. The Bertz CT molecular complexity index is 458. The summed E-state index contributed by atoms with van der Waals surface area (Å²) in [6, 6.07) is 5.96. The number of hydrogen-bond acceptors (Lipinski definition) is 3. The summed E-state index contributed by atoms with van der Waals surface area (Å²) >= 11 is 0. The lowest BCUT2D eigenvalue weighted by Crippen LogP contribution is -2.58. The summed E-state index contributed by atoms with van der Waals surface area (Å²) in [5, 5.41) is 0. The van der Waals surface area contributed by atoms with E-state index >= 15 is 0 Å². The lowest BCUT2D eigenvalue weighted by molar-refractivity contribution is -0.124. The molecule has 0 bridgehead atoms. The van der Waals surface area contributed by atoms with Crippen LogP contribution in [0.4, 0.5) is 5.69 Å². The summed E-state index contributed by atoms with van der Waals surface area (Å²) in [7, 11) is 1.95. The standard InChI is InChI=1S/C14H21N3O/c1-10-4-5-12(8-11(10)2)17-7-6-16(3)13(9-15)14(17)18/h4-5,8,13H,6-7,9,15H2,1-3H3. The van der Waals surface area contributed by atoms with E-state index in [4.69, 9.17) is 5.73 Å². The molecule has 0 aliphatic carbocycles. The van der Waals surface area contributed by atoms with E-state index < -0.39 is 0 Å².